The van der Waals surface area contributed by atoms with Gasteiger partial charge in [-0.15, -0.1) is 0 Å². The van der Waals surface area contributed by atoms with Crippen molar-refractivity contribution in [1.29, 1.82) is 0 Å². The number of carbonyl (C=O) groups excluding carboxylic acids is 2. The van der Waals surface area contributed by atoms with Gasteiger partial charge in [0.25, 0.3) is 0 Å². The van der Waals surface area contributed by atoms with Crippen LogP contribution < -0.4 is 19.5 Å². The lowest BCUT2D eigenvalue weighted by atomic mass is 10.1. The zero-order valence-corrected chi connectivity index (χ0v) is 21.3. The maximum Gasteiger partial charge on any atom is 0.242 e. The molecule has 0 aliphatic rings. The first kappa shape index (κ1) is 26.6. The summed E-state index contributed by atoms with van der Waals surface area (Å²) in [6.45, 7) is 2.55. The maximum absolute atomic E-state index is 13.5. The van der Waals surface area contributed by atoms with E-state index in [-0.39, 0.29) is 18.2 Å². The summed E-state index contributed by atoms with van der Waals surface area (Å²) in [5.41, 5.74) is 2.82. The lowest BCUT2D eigenvalue weighted by Gasteiger charge is -2.29. The van der Waals surface area contributed by atoms with E-state index in [1.165, 1.54) is 0 Å². The molecule has 7 nitrogen and oxygen atoms in total. The lowest BCUT2D eigenvalue weighted by Crippen LogP contribution is -2.48. The van der Waals surface area contributed by atoms with E-state index in [1.807, 2.05) is 60.7 Å². The number of benzene rings is 3. The third kappa shape index (κ3) is 7.25. The molecule has 0 spiro atoms. The van der Waals surface area contributed by atoms with E-state index in [1.54, 1.807) is 45.3 Å². The molecular formula is C29H34N2O5. The molecule has 0 heterocycles. The Morgan fingerprint density at radius 2 is 1.47 bits per heavy atom. The molecule has 2 amide bonds. The van der Waals surface area contributed by atoms with Gasteiger partial charge in [-0.1, -0.05) is 48.5 Å². The van der Waals surface area contributed by atoms with Crippen molar-refractivity contribution in [3.8, 4) is 17.2 Å². The molecule has 1 N–H and O–H groups in total. The second-order valence-corrected chi connectivity index (χ2v) is 8.44. The highest BCUT2D eigenvalue weighted by atomic mass is 16.5. The molecule has 1 atom stereocenters. The van der Waals surface area contributed by atoms with E-state index in [2.05, 4.69) is 5.32 Å². The molecule has 0 aromatic heterocycles. The number of nitrogens with zero attached hydrogens (tertiary/aromatic N) is 1. The first-order valence-electron chi connectivity index (χ1n) is 11.9. The average Bonchev–Trinajstić information content (AvgIpc) is 2.92. The second kappa shape index (κ2) is 13.2. The third-order valence-corrected chi connectivity index (χ3v) is 6.04. The normalized spacial score (nSPS) is 11.3. The van der Waals surface area contributed by atoms with Gasteiger partial charge in [0.1, 0.15) is 11.8 Å². The van der Waals surface area contributed by atoms with Crippen LogP contribution in [0.5, 0.6) is 17.2 Å². The molecule has 3 aromatic carbocycles. The molecular weight excluding hydrogens is 456 g/mol. The fourth-order valence-corrected chi connectivity index (χ4v) is 3.90. The summed E-state index contributed by atoms with van der Waals surface area (Å²) in [5.74, 6) is 1.52. The standard InChI is InChI=1S/C29H34N2O5/c1-21(29(33)30-17-16-22-8-6-5-7-9-22)31(20-23-10-13-25(34-2)14-11-23)28(32)19-24-12-15-26(35-3)27(18-24)36-4/h5-15,18,21H,16-17,19-20H2,1-4H3,(H,30,33)/t21-/m1/s1. The summed E-state index contributed by atoms with van der Waals surface area (Å²) in [5, 5.41) is 2.98. The Labute approximate surface area is 213 Å². The molecule has 0 aliphatic heterocycles. The number of hydrogen-bond acceptors (Lipinski definition) is 5. The summed E-state index contributed by atoms with van der Waals surface area (Å²) < 4.78 is 15.9. The van der Waals surface area contributed by atoms with Gasteiger partial charge in [0.05, 0.1) is 27.8 Å². The summed E-state index contributed by atoms with van der Waals surface area (Å²) in [6, 6.07) is 22.2. The van der Waals surface area contributed by atoms with Crippen molar-refractivity contribution in [2.75, 3.05) is 27.9 Å². The van der Waals surface area contributed by atoms with Crippen LogP contribution in [0.15, 0.2) is 72.8 Å². The van der Waals surface area contributed by atoms with Crippen molar-refractivity contribution in [2.45, 2.75) is 32.4 Å². The molecule has 190 valence electrons. The van der Waals surface area contributed by atoms with E-state index in [0.29, 0.717) is 24.6 Å². The topological polar surface area (TPSA) is 77.1 Å². The summed E-state index contributed by atoms with van der Waals surface area (Å²) >= 11 is 0. The number of methoxy groups -OCH3 is 3. The molecule has 36 heavy (non-hydrogen) atoms. The molecule has 0 saturated carbocycles. The van der Waals surface area contributed by atoms with Crippen molar-refractivity contribution in [3.05, 3.63) is 89.5 Å². The van der Waals surface area contributed by atoms with E-state index >= 15 is 0 Å². The van der Waals surface area contributed by atoms with Gasteiger partial charge in [-0.3, -0.25) is 9.59 Å². The van der Waals surface area contributed by atoms with Crippen LogP contribution in [0.25, 0.3) is 0 Å². The highest BCUT2D eigenvalue weighted by Gasteiger charge is 2.26. The molecule has 0 saturated heterocycles. The Kier molecular flexibility index (Phi) is 9.74. The van der Waals surface area contributed by atoms with Gasteiger partial charge in [-0.2, -0.15) is 0 Å². The minimum atomic E-state index is -0.657. The van der Waals surface area contributed by atoms with Crippen molar-refractivity contribution in [3.63, 3.8) is 0 Å². The van der Waals surface area contributed by atoms with Crippen LogP contribution in [0.3, 0.4) is 0 Å². The molecule has 0 fully saturated rings. The minimum absolute atomic E-state index is 0.123. The Bertz CT molecular complexity index is 1130. The number of nitrogens with one attached hydrogen (secondary N) is 1. The fraction of sp³-hybridized carbons (Fsp3) is 0.310. The molecule has 0 bridgehead atoms. The van der Waals surface area contributed by atoms with E-state index < -0.39 is 6.04 Å². The molecule has 0 radical (unpaired) electrons. The van der Waals surface area contributed by atoms with Crippen molar-refractivity contribution < 1.29 is 23.8 Å². The summed E-state index contributed by atoms with van der Waals surface area (Å²) in [7, 11) is 4.73. The Hall–Kier alpha value is -4.00. The smallest absolute Gasteiger partial charge is 0.242 e. The van der Waals surface area contributed by atoms with Gasteiger partial charge in [-0.25, -0.2) is 0 Å². The van der Waals surface area contributed by atoms with E-state index in [0.717, 1.165) is 28.9 Å². The number of rotatable bonds is 12. The molecule has 3 aromatic rings. The van der Waals surface area contributed by atoms with E-state index in [4.69, 9.17) is 14.2 Å². The first-order chi connectivity index (χ1) is 17.4. The quantitative estimate of drug-likeness (QED) is 0.415. The second-order valence-electron chi connectivity index (χ2n) is 8.44. The van der Waals surface area contributed by atoms with Crippen molar-refractivity contribution >= 4 is 11.8 Å². The lowest BCUT2D eigenvalue weighted by molar-refractivity contribution is -0.140. The van der Waals surface area contributed by atoms with Crippen LogP contribution in [-0.2, 0) is 29.0 Å². The van der Waals surface area contributed by atoms with Crippen LogP contribution in [-0.4, -0.2) is 50.6 Å². The average molecular weight is 491 g/mol. The van der Waals surface area contributed by atoms with Crippen LogP contribution >= 0.6 is 0 Å². The highest BCUT2D eigenvalue weighted by Crippen LogP contribution is 2.28. The molecule has 0 aliphatic carbocycles. The first-order valence-corrected chi connectivity index (χ1v) is 11.9. The zero-order valence-electron chi connectivity index (χ0n) is 21.3. The van der Waals surface area contributed by atoms with Gasteiger partial charge in [0.2, 0.25) is 11.8 Å². The van der Waals surface area contributed by atoms with Gasteiger partial charge < -0.3 is 24.4 Å². The number of hydrogen-bond donors (Lipinski definition) is 1. The molecule has 7 heteroatoms. The SMILES string of the molecule is COc1ccc(CN(C(=O)Cc2ccc(OC)c(OC)c2)[C@H](C)C(=O)NCCc2ccccc2)cc1. The maximum atomic E-state index is 13.5. The predicted octanol–water partition coefficient (Wildman–Crippen LogP) is 4.03. The fourth-order valence-electron chi connectivity index (χ4n) is 3.90. The monoisotopic (exact) mass is 490 g/mol. The van der Waals surface area contributed by atoms with Crippen molar-refractivity contribution in [1.82, 2.24) is 10.2 Å². The Morgan fingerprint density at radius 1 is 0.806 bits per heavy atom. The number of ether oxygens (including phenoxy) is 3. The van der Waals surface area contributed by atoms with Crippen LogP contribution in [0, 0.1) is 0 Å². The summed E-state index contributed by atoms with van der Waals surface area (Å²) in [4.78, 5) is 28.1. The largest absolute Gasteiger partial charge is 0.497 e. The zero-order chi connectivity index (χ0) is 25.9. The van der Waals surface area contributed by atoms with Crippen LogP contribution in [0.4, 0.5) is 0 Å². The number of carbonyl (C=O) groups is 2. The predicted molar refractivity (Wildman–Crippen MR) is 139 cm³/mol. The van der Waals surface area contributed by atoms with Gasteiger partial charge in [0, 0.05) is 13.1 Å². The van der Waals surface area contributed by atoms with Gasteiger partial charge >= 0.3 is 0 Å². The Morgan fingerprint density at radius 3 is 2.11 bits per heavy atom. The third-order valence-electron chi connectivity index (χ3n) is 6.04. The summed E-state index contributed by atoms with van der Waals surface area (Å²) in [6.07, 6.45) is 0.843. The van der Waals surface area contributed by atoms with Gasteiger partial charge in [0.15, 0.2) is 11.5 Å². The molecule has 3 rings (SSSR count). The Balaban J connectivity index is 1.74. The minimum Gasteiger partial charge on any atom is -0.497 e. The molecule has 0 unspecified atom stereocenters. The highest BCUT2D eigenvalue weighted by molar-refractivity contribution is 5.88. The van der Waals surface area contributed by atoms with Crippen LogP contribution in [0.2, 0.25) is 0 Å². The number of amides is 2. The van der Waals surface area contributed by atoms with Crippen LogP contribution in [0.1, 0.15) is 23.6 Å². The van der Waals surface area contributed by atoms with E-state index in [9.17, 15) is 9.59 Å². The van der Waals surface area contributed by atoms with Crippen molar-refractivity contribution in [2.24, 2.45) is 0 Å². The van der Waals surface area contributed by atoms with Gasteiger partial charge in [-0.05, 0) is 54.3 Å².